The summed E-state index contributed by atoms with van der Waals surface area (Å²) in [4.78, 5) is 56.0. The van der Waals surface area contributed by atoms with Gasteiger partial charge in [-0.3, -0.25) is 14.4 Å². The number of ketones is 2. The van der Waals surface area contributed by atoms with Gasteiger partial charge in [-0.05, 0) is 49.8 Å². The molecule has 6 bridgehead atoms. The van der Waals surface area contributed by atoms with Crippen LogP contribution in [-0.4, -0.2) is 60.2 Å². The third kappa shape index (κ3) is 2.61. The Hall–Kier alpha value is -2.80. The lowest BCUT2D eigenvalue weighted by atomic mass is 9.39. The predicted octanol–water partition coefficient (Wildman–Crippen LogP) is 3.22. The number of hydrogen-bond donors (Lipinski definition) is 0. The number of Topliss-reactive ketones (excluding diaryl/α,β-unsaturated/α-hetero) is 2. The summed E-state index contributed by atoms with van der Waals surface area (Å²) in [6.45, 7) is 8.15. The van der Waals surface area contributed by atoms with Crippen LogP contribution in [0.15, 0.2) is 42.5 Å². The van der Waals surface area contributed by atoms with E-state index in [1.54, 1.807) is 24.3 Å². The van der Waals surface area contributed by atoms with Crippen molar-refractivity contribution in [3.05, 3.63) is 48.0 Å². The van der Waals surface area contributed by atoms with Gasteiger partial charge in [0.15, 0.2) is 0 Å². The minimum atomic E-state index is -0.774. The van der Waals surface area contributed by atoms with E-state index in [9.17, 15) is 19.2 Å². The summed E-state index contributed by atoms with van der Waals surface area (Å²) < 4.78 is 12.2. The number of likely N-dealkylation sites (tertiary alicyclic amines) is 1. The van der Waals surface area contributed by atoms with E-state index in [4.69, 9.17) is 9.47 Å². The summed E-state index contributed by atoms with van der Waals surface area (Å²) in [5.41, 5.74) is -0.255. The molecule has 0 N–H and O–H groups in total. The van der Waals surface area contributed by atoms with Gasteiger partial charge in [0.25, 0.3) is 0 Å². The van der Waals surface area contributed by atoms with Crippen LogP contribution in [-0.2, 0) is 23.9 Å². The van der Waals surface area contributed by atoms with Gasteiger partial charge in [0, 0.05) is 54.5 Å². The second kappa shape index (κ2) is 7.19. The molecule has 0 aromatic heterocycles. The van der Waals surface area contributed by atoms with E-state index in [0.717, 1.165) is 18.4 Å². The Balaban J connectivity index is 1.39. The Kier molecular flexibility index (Phi) is 4.53. The number of rotatable bonds is 3. The molecule has 7 heteroatoms. The van der Waals surface area contributed by atoms with E-state index in [1.807, 2.05) is 13.0 Å². The zero-order valence-corrected chi connectivity index (χ0v) is 21.6. The third-order valence-corrected chi connectivity index (χ3v) is 11.2. The Bertz CT molecular complexity index is 1270. The molecule has 37 heavy (non-hydrogen) atoms. The number of carbonyl (C=O) groups excluding carboxylic acids is 4. The molecule has 8 rings (SSSR count). The van der Waals surface area contributed by atoms with Gasteiger partial charge in [-0.2, -0.15) is 0 Å². The average Bonchev–Trinajstić information content (AvgIpc) is 2.92. The first kappa shape index (κ1) is 23.3. The molecule has 1 aliphatic heterocycles. The second-order valence-corrected chi connectivity index (χ2v) is 12.9. The maximum absolute atomic E-state index is 14.2. The molecule has 0 radical (unpaired) electrons. The van der Waals surface area contributed by atoms with Gasteiger partial charge in [-0.1, -0.05) is 37.3 Å². The first-order chi connectivity index (χ1) is 17.5. The van der Waals surface area contributed by atoms with Crippen LogP contribution in [0.2, 0.25) is 0 Å². The van der Waals surface area contributed by atoms with Crippen LogP contribution < -0.4 is 0 Å². The normalized spacial score (nSPS) is 47.1. The fourth-order valence-electron chi connectivity index (χ4n) is 10.8. The van der Waals surface area contributed by atoms with E-state index in [0.29, 0.717) is 24.9 Å². The smallest absolute Gasteiger partial charge is 0.338 e. The summed E-state index contributed by atoms with van der Waals surface area (Å²) in [5, 5.41) is 0. The number of allylic oxidation sites excluding steroid dienone is 1. The molecule has 1 heterocycles. The van der Waals surface area contributed by atoms with Crippen LogP contribution in [0.25, 0.3) is 0 Å². The highest BCUT2D eigenvalue weighted by Gasteiger charge is 2.85. The molecule has 0 amide bonds. The fraction of sp³-hybridized carbons (Fsp3) is 0.600. The van der Waals surface area contributed by atoms with Gasteiger partial charge in [-0.25, -0.2) is 4.79 Å². The molecule has 10 atom stereocenters. The summed E-state index contributed by atoms with van der Waals surface area (Å²) in [6.07, 6.45) is 0.801. The summed E-state index contributed by atoms with van der Waals surface area (Å²) in [7, 11) is 2.05. The van der Waals surface area contributed by atoms with Gasteiger partial charge < -0.3 is 14.4 Å². The Morgan fingerprint density at radius 1 is 1.11 bits per heavy atom. The minimum absolute atomic E-state index is 0.0866. The van der Waals surface area contributed by atoms with Crippen LogP contribution in [0, 0.1) is 39.9 Å². The number of hydrogen-bond acceptors (Lipinski definition) is 7. The Labute approximate surface area is 216 Å². The van der Waals surface area contributed by atoms with E-state index >= 15 is 0 Å². The van der Waals surface area contributed by atoms with Crippen LogP contribution in [0.5, 0.6) is 0 Å². The zero-order valence-electron chi connectivity index (χ0n) is 21.6. The van der Waals surface area contributed by atoms with Crippen molar-refractivity contribution in [1.29, 1.82) is 0 Å². The highest BCUT2D eigenvalue weighted by Crippen LogP contribution is 2.81. The minimum Gasteiger partial charge on any atom is -0.459 e. The van der Waals surface area contributed by atoms with Crippen molar-refractivity contribution in [3.8, 4) is 0 Å². The van der Waals surface area contributed by atoms with E-state index in [2.05, 4.69) is 18.5 Å². The maximum Gasteiger partial charge on any atom is 0.338 e. The molecule has 6 saturated carbocycles. The molecule has 194 valence electrons. The molecule has 1 aromatic carbocycles. The molecule has 6 aliphatic carbocycles. The van der Waals surface area contributed by atoms with Gasteiger partial charge in [-0.15, -0.1) is 0 Å². The standard InChI is InChI=1S/C30H33NO6/c1-15-11-29-12-19(33)24-28(3)14-31(4)25-22(29)23(34)18(15)10-21(29)30(24,25)13-20(36-16(2)32)26(28)37-27(35)17-8-6-5-7-9-17/h5-9,18,20-22,24-26H,1,10-14H2,2-4H3/t18-,20-,21+,22+,24+,25+,26+,28-,29+,30+/m1/s1. The van der Waals surface area contributed by atoms with E-state index < -0.39 is 40.4 Å². The number of nitrogens with zero attached hydrogens (tertiary/aromatic N) is 1. The van der Waals surface area contributed by atoms with Gasteiger partial charge >= 0.3 is 11.9 Å². The Morgan fingerprint density at radius 2 is 1.84 bits per heavy atom. The molecule has 0 unspecified atom stereocenters. The third-order valence-electron chi connectivity index (χ3n) is 11.2. The lowest BCUT2D eigenvalue weighted by Crippen LogP contribution is -2.75. The van der Waals surface area contributed by atoms with Crippen LogP contribution in [0.4, 0.5) is 0 Å². The SMILES string of the molecule is C=C1C[C@@]23CC(=O)[C@H]4[C@@]5(C)CN(C)[C@H]6[C@@H]2C(=O)[C@@H]1C[C@@H]3[C@]64C[C@@H](OC(C)=O)[C@@H]5OC(=O)c1ccccc1. The number of fused-ring (bicyclic) bond motifs is 1. The van der Waals surface area contributed by atoms with Crippen molar-refractivity contribution in [3.63, 3.8) is 0 Å². The van der Waals surface area contributed by atoms with Crippen LogP contribution in [0.1, 0.15) is 49.9 Å². The first-order valence-electron chi connectivity index (χ1n) is 13.4. The lowest BCUT2D eigenvalue weighted by molar-refractivity contribution is -0.245. The van der Waals surface area contributed by atoms with Gasteiger partial charge in [0.05, 0.1) is 5.56 Å². The van der Waals surface area contributed by atoms with Gasteiger partial charge in [0.2, 0.25) is 0 Å². The quantitative estimate of drug-likeness (QED) is 0.462. The highest BCUT2D eigenvalue weighted by atomic mass is 16.6. The van der Waals surface area contributed by atoms with Crippen molar-refractivity contribution in [1.82, 2.24) is 4.90 Å². The monoisotopic (exact) mass is 503 g/mol. The van der Waals surface area contributed by atoms with Crippen molar-refractivity contribution in [2.45, 2.75) is 57.8 Å². The molecule has 2 spiro atoms. The second-order valence-electron chi connectivity index (χ2n) is 12.9. The molecule has 7 nitrogen and oxygen atoms in total. The molecular formula is C30H33NO6. The highest BCUT2D eigenvalue weighted by molar-refractivity contribution is 5.96. The lowest BCUT2D eigenvalue weighted by Gasteiger charge is -2.68. The van der Waals surface area contributed by atoms with Crippen molar-refractivity contribution >= 4 is 23.5 Å². The number of ether oxygens (including phenoxy) is 2. The molecule has 7 aliphatic rings. The van der Waals surface area contributed by atoms with E-state index in [-0.39, 0.29) is 41.3 Å². The van der Waals surface area contributed by atoms with Crippen LogP contribution in [0.3, 0.4) is 0 Å². The topological polar surface area (TPSA) is 90.0 Å². The maximum atomic E-state index is 14.2. The van der Waals surface area contributed by atoms with Crippen LogP contribution >= 0.6 is 0 Å². The predicted molar refractivity (Wildman–Crippen MR) is 132 cm³/mol. The van der Waals surface area contributed by atoms with Crippen molar-refractivity contribution in [2.24, 2.45) is 39.9 Å². The van der Waals surface area contributed by atoms with E-state index in [1.165, 1.54) is 6.92 Å². The van der Waals surface area contributed by atoms with Crippen molar-refractivity contribution in [2.75, 3.05) is 13.6 Å². The Morgan fingerprint density at radius 3 is 2.54 bits per heavy atom. The largest absolute Gasteiger partial charge is 0.459 e. The first-order valence-corrected chi connectivity index (χ1v) is 13.4. The molecule has 7 fully saturated rings. The number of carbonyl (C=O) groups is 4. The zero-order chi connectivity index (χ0) is 26.1. The number of piperidine rings is 1. The molecule has 1 aromatic rings. The number of benzene rings is 1. The van der Waals surface area contributed by atoms with Crippen molar-refractivity contribution < 1.29 is 28.7 Å². The summed E-state index contributed by atoms with van der Waals surface area (Å²) in [6, 6.07) is 8.70. The number of esters is 2. The average molecular weight is 504 g/mol. The summed E-state index contributed by atoms with van der Waals surface area (Å²) in [5.74, 6) is -1.03. The van der Waals surface area contributed by atoms with Gasteiger partial charge in [0.1, 0.15) is 23.8 Å². The fourth-order valence-corrected chi connectivity index (χ4v) is 10.8. The molecular weight excluding hydrogens is 470 g/mol. The molecule has 1 saturated heterocycles. The summed E-state index contributed by atoms with van der Waals surface area (Å²) >= 11 is 0.